The Morgan fingerprint density at radius 1 is 1.29 bits per heavy atom. The van der Waals surface area contributed by atoms with E-state index in [-0.39, 0.29) is 30.8 Å². The molecule has 6 nitrogen and oxygen atoms in total. The molecule has 2 atom stereocenters. The highest BCUT2D eigenvalue weighted by Gasteiger charge is 2.31. The van der Waals surface area contributed by atoms with Gasteiger partial charge in [0, 0.05) is 13.1 Å². The smallest absolute Gasteiger partial charge is 0.277 e. The van der Waals surface area contributed by atoms with Crippen LogP contribution in [0.4, 0.5) is 0 Å². The molecule has 0 rings (SSSR count). The molecule has 21 heavy (non-hydrogen) atoms. The van der Waals surface area contributed by atoms with Gasteiger partial charge < -0.3 is 15.1 Å². The molecular formula is C15H29N4O2+. The number of hydrogen-bond acceptors (Lipinski definition) is 3. The Kier molecular flexibility index (Phi) is 7.97. The van der Waals surface area contributed by atoms with Crippen LogP contribution in [-0.2, 0) is 9.59 Å². The Balaban J connectivity index is 4.47. The van der Waals surface area contributed by atoms with Gasteiger partial charge in [-0.3, -0.25) is 9.59 Å². The molecule has 0 aromatic rings. The van der Waals surface area contributed by atoms with Crippen molar-refractivity contribution in [3.05, 3.63) is 0 Å². The molecule has 1 unspecified atom stereocenters. The summed E-state index contributed by atoms with van der Waals surface area (Å²) in [5.74, 6) is -0.154. The molecule has 0 fully saturated rings. The van der Waals surface area contributed by atoms with E-state index in [1.807, 2.05) is 27.7 Å². The lowest BCUT2D eigenvalue weighted by Crippen LogP contribution is -3.11. The van der Waals surface area contributed by atoms with Crippen molar-refractivity contribution in [2.45, 2.75) is 40.2 Å². The molecule has 0 aromatic carbocycles. The minimum atomic E-state index is -0.875. The molecule has 0 aliphatic heterocycles. The van der Waals surface area contributed by atoms with E-state index < -0.39 is 5.54 Å². The van der Waals surface area contributed by atoms with E-state index >= 15 is 0 Å². The number of nitrogens with one attached hydrogen (secondary N) is 2. The summed E-state index contributed by atoms with van der Waals surface area (Å²) in [6.45, 7) is 11.2. The lowest BCUT2D eigenvalue weighted by Gasteiger charge is -2.28. The van der Waals surface area contributed by atoms with Crippen molar-refractivity contribution in [1.82, 2.24) is 10.2 Å². The highest BCUT2D eigenvalue weighted by atomic mass is 16.2. The second kappa shape index (κ2) is 8.63. The topological polar surface area (TPSA) is 77.6 Å². The van der Waals surface area contributed by atoms with E-state index in [1.165, 1.54) is 0 Å². The van der Waals surface area contributed by atoms with E-state index in [0.29, 0.717) is 13.1 Å². The fraction of sp³-hybridized carbons (Fsp3) is 0.800. The third-order valence-electron chi connectivity index (χ3n) is 3.82. The lowest BCUT2D eigenvalue weighted by atomic mass is 9.90. The molecule has 0 heterocycles. The van der Waals surface area contributed by atoms with Crippen LogP contribution >= 0.6 is 0 Å². The summed E-state index contributed by atoms with van der Waals surface area (Å²) in [6.07, 6.45) is 0. The zero-order valence-electron chi connectivity index (χ0n) is 14.1. The normalized spacial score (nSPS) is 15.0. The maximum absolute atomic E-state index is 12.0. The third-order valence-corrected chi connectivity index (χ3v) is 3.82. The zero-order valence-corrected chi connectivity index (χ0v) is 14.1. The van der Waals surface area contributed by atoms with Crippen LogP contribution in [0.3, 0.4) is 0 Å². The number of rotatable bonds is 8. The van der Waals surface area contributed by atoms with Crippen molar-refractivity contribution < 1.29 is 14.5 Å². The van der Waals surface area contributed by atoms with E-state index in [4.69, 9.17) is 0 Å². The molecule has 2 amide bonds. The van der Waals surface area contributed by atoms with Gasteiger partial charge in [0.2, 0.25) is 0 Å². The molecule has 0 aliphatic carbocycles. The molecule has 0 aromatic heterocycles. The van der Waals surface area contributed by atoms with Gasteiger partial charge in [0.1, 0.15) is 5.54 Å². The molecule has 2 N–H and O–H groups in total. The fourth-order valence-corrected chi connectivity index (χ4v) is 1.92. The summed E-state index contributed by atoms with van der Waals surface area (Å²) in [6, 6.07) is 2.14. The molecule has 6 heteroatoms. The number of nitrogens with zero attached hydrogens (tertiary/aromatic N) is 2. The van der Waals surface area contributed by atoms with E-state index in [2.05, 4.69) is 11.4 Å². The van der Waals surface area contributed by atoms with Gasteiger partial charge >= 0.3 is 0 Å². The monoisotopic (exact) mass is 297 g/mol. The first-order valence-corrected chi connectivity index (χ1v) is 7.51. The Morgan fingerprint density at radius 2 is 1.81 bits per heavy atom. The van der Waals surface area contributed by atoms with Gasteiger partial charge in [-0.15, -0.1) is 0 Å². The average Bonchev–Trinajstić information content (AvgIpc) is 2.39. The molecule has 0 aliphatic rings. The standard InChI is InChI=1S/C15H28N4O2/c1-7-19(8-2)14(21)10-18(6)9-13(20)17-15(5,11-16)12(3)4/h12H,7-10H2,1-6H3,(H,17,20)/p+1/t15-/m1/s1. The first-order valence-electron chi connectivity index (χ1n) is 7.51. The number of nitriles is 1. The molecule has 0 radical (unpaired) electrons. The predicted molar refractivity (Wildman–Crippen MR) is 81.5 cm³/mol. The zero-order chi connectivity index (χ0) is 16.6. The minimum absolute atomic E-state index is 0.0177. The predicted octanol–water partition coefficient (Wildman–Crippen LogP) is -0.576. The van der Waals surface area contributed by atoms with Crippen molar-refractivity contribution in [1.29, 1.82) is 5.26 Å². The van der Waals surface area contributed by atoms with E-state index in [9.17, 15) is 14.9 Å². The number of carbonyl (C=O) groups excluding carboxylic acids is 2. The van der Waals surface area contributed by atoms with Gasteiger partial charge in [0.15, 0.2) is 13.1 Å². The number of carbonyl (C=O) groups is 2. The van der Waals surface area contributed by atoms with Crippen molar-refractivity contribution in [2.75, 3.05) is 33.2 Å². The van der Waals surface area contributed by atoms with E-state index in [1.54, 1.807) is 18.9 Å². The van der Waals surface area contributed by atoms with Crippen molar-refractivity contribution in [3.63, 3.8) is 0 Å². The summed E-state index contributed by atoms with van der Waals surface area (Å²) in [5.41, 5.74) is -0.875. The Labute approximate surface area is 128 Å². The summed E-state index contributed by atoms with van der Waals surface area (Å²) in [5, 5.41) is 11.9. The Hall–Kier alpha value is -1.61. The molecule has 120 valence electrons. The van der Waals surface area contributed by atoms with E-state index in [0.717, 1.165) is 4.90 Å². The summed E-state index contributed by atoms with van der Waals surface area (Å²) >= 11 is 0. The van der Waals surface area contributed by atoms with Crippen LogP contribution in [0.5, 0.6) is 0 Å². The van der Waals surface area contributed by atoms with Crippen molar-refractivity contribution in [2.24, 2.45) is 5.92 Å². The summed E-state index contributed by atoms with van der Waals surface area (Å²) in [7, 11) is 1.81. The number of amides is 2. The maximum atomic E-state index is 12.0. The van der Waals surface area contributed by atoms with Gasteiger partial charge in [-0.25, -0.2) is 0 Å². The molecule has 0 spiro atoms. The SMILES string of the molecule is CCN(CC)C(=O)C[NH+](C)CC(=O)N[C@](C)(C#N)C(C)C. The molecule has 0 bridgehead atoms. The molecule has 0 saturated heterocycles. The van der Waals surface area contributed by atoms with Crippen LogP contribution in [-0.4, -0.2) is 55.5 Å². The Bertz CT molecular complexity index is 399. The second-order valence-corrected chi connectivity index (χ2v) is 5.89. The minimum Gasteiger partial charge on any atom is -0.338 e. The van der Waals surface area contributed by atoms with Crippen molar-refractivity contribution in [3.8, 4) is 6.07 Å². The van der Waals surface area contributed by atoms with Gasteiger partial charge in [0.05, 0.1) is 13.1 Å². The number of likely N-dealkylation sites (N-methyl/N-ethyl adjacent to an activating group) is 2. The van der Waals surface area contributed by atoms with Crippen LogP contribution in [0.1, 0.15) is 34.6 Å². The summed E-state index contributed by atoms with van der Waals surface area (Å²) < 4.78 is 0. The number of hydrogen-bond donors (Lipinski definition) is 2. The molecular weight excluding hydrogens is 268 g/mol. The highest BCUT2D eigenvalue weighted by molar-refractivity contribution is 5.79. The Morgan fingerprint density at radius 3 is 2.19 bits per heavy atom. The molecule has 0 saturated carbocycles. The summed E-state index contributed by atoms with van der Waals surface area (Å²) in [4.78, 5) is 26.5. The van der Waals surface area contributed by atoms with Crippen LogP contribution in [0.15, 0.2) is 0 Å². The number of quaternary nitrogens is 1. The quantitative estimate of drug-likeness (QED) is 0.629. The van der Waals surface area contributed by atoms with Gasteiger partial charge in [-0.05, 0) is 26.7 Å². The average molecular weight is 297 g/mol. The van der Waals surface area contributed by atoms with Crippen molar-refractivity contribution >= 4 is 11.8 Å². The van der Waals surface area contributed by atoms with Gasteiger partial charge in [-0.1, -0.05) is 13.8 Å². The third kappa shape index (κ3) is 6.13. The maximum Gasteiger partial charge on any atom is 0.277 e. The fourth-order valence-electron chi connectivity index (χ4n) is 1.92. The first-order chi connectivity index (χ1) is 9.69. The highest BCUT2D eigenvalue weighted by Crippen LogP contribution is 2.14. The van der Waals surface area contributed by atoms with Gasteiger partial charge in [-0.2, -0.15) is 5.26 Å². The van der Waals surface area contributed by atoms with Crippen LogP contribution in [0.2, 0.25) is 0 Å². The largest absolute Gasteiger partial charge is 0.338 e. The first kappa shape index (κ1) is 19.4. The van der Waals surface area contributed by atoms with Gasteiger partial charge in [0.25, 0.3) is 11.8 Å². The van der Waals surface area contributed by atoms with Crippen LogP contribution in [0.25, 0.3) is 0 Å². The van der Waals surface area contributed by atoms with Crippen LogP contribution in [0, 0.1) is 17.2 Å². The van der Waals surface area contributed by atoms with Crippen LogP contribution < -0.4 is 10.2 Å². The second-order valence-electron chi connectivity index (χ2n) is 5.89. The lowest BCUT2D eigenvalue weighted by molar-refractivity contribution is -0.863.